The topological polar surface area (TPSA) is 51.0 Å². The number of rotatable bonds is 3. The molecule has 5 nitrogen and oxygen atoms in total. The third kappa shape index (κ3) is 3.42. The lowest BCUT2D eigenvalue weighted by molar-refractivity contribution is 0.571. The number of anilines is 1. The molecule has 110 valence electrons. The number of hydrogen-bond acceptors (Lipinski definition) is 4. The second-order valence-corrected chi connectivity index (χ2v) is 5.63. The van der Waals surface area contributed by atoms with Crippen LogP contribution < -0.4 is 10.5 Å². The molecule has 1 aliphatic heterocycles. The molecule has 0 bridgehead atoms. The first kappa shape index (κ1) is 14.1. The molecular weight excluding hydrogens is 288 g/mol. The molecule has 3 rings (SSSR count). The van der Waals surface area contributed by atoms with Crippen molar-refractivity contribution in [3.63, 3.8) is 0 Å². The van der Waals surface area contributed by atoms with Crippen LogP contribution in [0.1, 0.15) is 24.8 Å². The summed E-state index contributed by atoms with van der Waals surface area (Å²) in [4.78, 5) is 18.4. The predicted molar refractivity (Wildman–Crippen MR) is 82.9 cm³/mol. The minimum Gasteiger partial charge on any atom is -0.370 e. The Morgan fingerprint density at radius 2 is 1.95 bits per heavy atom. The first-order valence-corrected chi connectivity index (χ1v) is 7.53. The Bertz CT molecular complexity index is 662. The average Bonchev–Trinajstić information content (AvgIpc) is 2.52. The van der Waals surface area contributed by atoms with Crippen molar-refractivity contribution in [2.75, 3.05) is 18.0 Å². The maximum Gasteiger partial charge on any atom is 0.269 e. The van der Waals surface area contributed by atoms with Gasteiger partial charge in [-0.05, 0) is 30.9 Å². The van der Waals surface area contributed by atoms with Gasteiger partial charge in [-0.3, -0.25) is 4.79 Å². The van der Waals surface area contributed by atoms with Gasteiger partial charge in [-0.1, -0.05) is 17.7 Å². The predicted octanol–water partition coefficient (Wildman–Crippen LogP) is 2.33. The molecule has 0 spiro atoms. The molecule has 0 unspecified atom stereocenters. The van der Waals surface area contributed by atoms with Crippen LogP contribution in [0.15, 0.2) is 35.4 Å². The van der Waals surface area contributed by atoms with Crippen molar-refractivity contribution >= 4 is 17.3 Å². The van der Waals surface area contributed by atoms with E-state index >= 15 is 0 Å². The zero-order chi connectivity index (χ0) is 14.7. The molecule has 0 radical (unpaired) electrons. The second kappa shape index (κ2) is 6.26. The maximum atomic E-state index is 12.2. The Labute approximate surface area is 128 Å². The largest absolute Gasteiger partial charge is 0.370 e. The molecule has 1 saturated heterocycles. The number of aromatic nitrogens is 3. The van der Waals surface area contributed by atoms with Gasteiger partial charge in [0.2, 0.25) is 0 Å². The molecule has 0 aromatic carbocycles. The van der Waals surface area contributed by atoms with Crippen molar-refractivity contribution in [3.05, 3.63) is 51.7 Å². The highest BCUT2D eigenvalue weighted by atomic mass is 35.5. The minimum atomic E-state index is -0.0898. The number of hydrogen-bond donors (Lipinski definition) is 0. The number of nitrogens with zero attached hydrogens (tertiary/aromatic N) is 4. The molecule has 0 N–H and O–H groups in total. The number of pyridine rings is 1. The summed E-state index contributed by atoms with van der Waals surface area (Å²) in [7, 11) is 0. The summed E-state index contributed by atoms with van der Waals surface area (Å²) >= 11 is 5.75. The van der Waals surface area contributed by atoms with Crippen LogP contribution in [0.25, 0.3) is 0 Å². The number of halogens is 1. The van der Waals surface area contributed by atoms with Crippen LogP contribution in [0, 0.1) is 0 Å². The van der Waals surface area contributed by atoms with Gasteiger partial charge in [-0.25, -0.2) is 9.67 Å². The smallest absolute Gasteiger partial charge is 0.269 e. The quantitative estimate of drug-likeness (QED) is 0.817. The van der Waals surface area contributed by atoms with E-state index in [4.69, 9.17) is 11.6 Å². The summed E-state index contributed by atoms with van der Waals surface area (Å²) in [5.74, 6) is 0. The van der Waals surface area contributed by atoms with Gasteiger partial charge in [-0.15, -0.1) is 0 Å². The SMILES string of the molecule is O=c1cc(N2CCCCC2)cnn1Cc1ccc(Cl)nc1. The minimum absolute atomic E-state index is 0.0898. The number of piperidine rings is 1. The van der Waals surface area contributed by atoms with Crippen molar-refractivity contribution in [1.82, 2.24) is 14.8 Å². The standard InChI is InChI=1S/C15H17ClN4O/c16-14-5-4-12(9-17-14)11-20-15(21)8-13(10-18-20)19-6-2-1-3-7-19/h4-5,8-10H,1-3,6-7,11H2. The van der Waals surface area contributed by atoms with E-state index in [0.29, 0.717) is 11.7 Å². The van der Waals surface area contributed by atoms with Gasteiger partial charge in [0.25, 0.3) is 5.56 Å². The first-order chi connectivity index (χ1) is 10.2. The molecule has 0 saturated carbocycles. The van der Waals surface area contributed by atoms with Gasteiger partial charge in [0, 0.05) is 25.4 Å². The average molecular weight is 305 g/mol. The fraction of sp³-hybridized carbons (Fsp3) is 0.400. The first-order valence-electron chi connectivity index (χ1n) is 7.15. The summed E-state index contributed by atoms with van der Waals surface area (Å²) < 4.78 is 1.44. The van der Waals surface area contributed by atoms with Crippen LogP contribution >= 0.6 is 11.6 Å². The van der Waals surface area contributed by atoms with Crippen molar-refractivity contribution in [2.45, 2.75) is 25.8 Å². The fourth-order valence-corrected chi connectivity index (χ4v) is 2.65. The van der Waals surface area contributed by atoms with Gasteiger partial charge >= 0.3 is 0 Å². The molecule has 1 aliphatic rings. The van der Waals surface area contributed by atoms with Crippen molar-refractivity contribution in [2.24, 2.45) is 0 Å². The van der Waals surface area contributed by atoms with Crippen LogP contribution in [-0.4, -0.2) is 27.9 Å². The van der Waals surface area contributed by atoms with Gasteiger partial charge in [-0.2, -0.15) is 5.10 Å². The van der Waals surface area contributed by atoms with E-state index < -0.39 is 0 Å². The Morgan fingerprint density at radius 1 is 1.14 bits per heavy atom. The van der Waals surface area contributed by atoms with E-state index in [1.807, 2.05) is 6.07 Å². The van der Waals surface area contributed by atoms with Crippen LogP contribution in [0.3, 0.4) is 0 Å². The molecule has 21 heavy (non-hydrogen) atoms. The highest BCUT2D eigenvalue weighted by Gasteiger charge is 2.12. The van der Waals surface area contributed by atoms with Gasteiger partial charge in [0.05, 0.1) is 18.4 Å². The third-order valence-electron chi connectivity index (χ3n) is 3.70. The highest BCUT2D eigenvalue weighted by molar-refractivity contribution is 6.29. The molecular formula is C15H17ClN4O. The van der Waals surface area contributed by atoms with E-state index in [9.17, 15) is 4.79 Å². The lowest BCUT2D eigenvalue weighted by atomic mass is 10.1. The maximum absolute atomic E-state index is 12.2. The van der Waals surface area contributed by atoms with E-state index in [1.54, 1.807) is 24.5 Å². The Hall–Kier alpha value is -1.88. The van der Waals surface area contributed by atoms with Crippen molar-refractivity contribution in [3.8, 4) is 0 Å². The van der Waals surface area contributed by atoms with Crippen LogP contribution in [0.5, 0.6) is 0 Å². The molecule has 0 amide bonds. The third-order valence-corrected chi connectivity index (χ3v) is 3.92. The van der Waals surface area contributed by atoms with E-state index in [0.717, 1.165) is 24.3 Å². The van der Waals surface area contributed by atoms with E-state index in [1.165, 1.54) is 23.9 Å². The second-order valence-electron chi connectivity index (χ2n) is 5.25. The lowest BCUT2D eigenvalue weighted by Gasteiger charge is -2.28. The summed E-state index contributed by atoms with van der Waals surface area (Å²) in [5, 5.41) is 4.72. The molecule has 2 aromatic heterocycles. The Morgan fingerprint density at radius 3 is 2.62 bits per heavy atom. The normalized spacial score (nSPS) is 15.2. The van der Waals surface area contributed by atoms with Gasteiger partial charge < -0.3 is 4.90 Å². The fourth-order valence-electron chi connectivity index (χ4n) is 2.54. The van der Waals surface area contributed by atoms with E-state index in [-0.39, 0.29) is 5.56 Å². The monoisotopic (exact) mass is 304 g/mol. The summed E-state index contributed by atoms with van der Waals surface area (Å²) in [6.07, 6.45) is 7.06. The van der Waals surface area contributed by atoms with Gasteiger partial charge in [0.15, 0.2) is 0 Å². The van der Waals surface area contributed by atoms with Crippen molar-refractivity contribution in [1.29, 1.82) is 0 Å². The molecule has 2 aromatic rings. The molecule has 1 fully saturated rings. The van der Waals surface area contributed by atoms with Crippen LogP contribution in [0.4, 0.5) is 5.69 Å². The van der Waals surface area contributed by atoms with Crippen LogP contribution in [-0.2, 0) is 6.54 Å². The van der Waals surface area contributed by atoms with E-state index in [2.05, 4.69) is 15.0 Å². The zero-order valence-electron chi connectivity index (χ0n) is 11.7. The summed E-state index contributed by atoms with van der Waals surface area (Å²) in [5.41, 5.74) is 1.73. The molecule has 3 heterocycles. The van der Waals surface area contributed by atoms with Crippen LogP contribution in [0.2, 0.25) is 5.15 Å². The lowest BCUT2D eigenvalue weighted by Crippen LogP contribution is -2.32. The highest BCUT2D eigenvalue weighted by Crippen LogP contribution is 2.16. The Kier molecular flexibility index (Phi) is 4.20. The molecule has 0 atom stereocenters. The van der Waals surface area contributed by atoms with Crippen molar-refractivity contribution < 1.29 is 0 Å². The molecule has 6 heteroatoms. The molecule has 0 aliphatic carbocycles. The summed E-state index contributed by atoms with van der Waals surface area (Å²) in [6, 6.07) is 5.23. The zero-order valence-corrected chi connectivity index (χ0v) is 12.5. The van der Waals surface area contributed by atoms with Gasteiger partial charge in [0.1, 0.15) is 5.15 Å². The summed E-state index contributed by atoms with van der Waals surface area (Å²) in [6.45, 7) is 2.42. The Balaban J connectivity index is 1.77.